The van der Waals surface area contributed by atoms with Crippen LogP contribution in [0.4, 0.5) is 11.5 Å². The molecule has 196 valence electrons. The summed E-state index contributed by atoms with van der Waals surface area (Å²) < 4.78 is 2.81. The van der Waals surface area contributed by atoms with Gasteiger partial charge in [0, 0.05) is 42.9 Å². The average Bonchev–Trinajstić information content (AvgIpc) is 3.03. The van der Waals surface area contributed by atoms with E-state index in [-0.39, 0.29) is 18.5 Å². The van der Waals surface area contributed by atoms with Gasteiger partial charge in [0.1, 0.15) is 11.5 Å². The van der Waals surface area contributed by atoms with Gasteiger partial charge in [-0.2, -0.15) is 0 Å². The maximum Gasteiger partial charge on any atom is 0.330 e. The van der Waals surface area contributed by atoms with E-state index in [1.807, 2.05) is 42.5 Å². The molecule has 0 aliphatic carbocycles. The summed E-state index contributed by atoms with van der Waals surface area (Å²) in [5.41, 5.74) is 1.81. The van der Waals surface area contributed by atoms with Crippen LogP contribution in [0.25, 0.3) is 0 Å². The topological polar surface area (TPSA) is 96.8 Å². The Kier molecular flexibility index (Phi) is 8.28. The zero-order chi connectivity index (χ0) is 25.8. The fourth-order valence-electron chi connectivity index (χ4n) is 5.33. The van der Waals surface area contributed by atoms with Crippen LogP contribution in [0.5, 0.6) is 0 Å². The number of aliphatic hydroxyl groups excluding tert-OH is 1. The third kappa shape index (κ3) is 5.47. The number of H-pyrrole nitrogens is 1. The molecule has 1 unspecified atom stereocenters. The molecule has 0 saturated carbocycles. The first-order valence-corrected chi connectivity index (χ1v) is 13.9. The monoisotopic (exact) mass is 616 g/mol. The molecule has 3 aromatic rings. The van der Waals surface area contributed by atoms with Crippen molar-refractivity contribution in [3.63, 3.8) is 0 Å². The van der Waals surface area contributed by atoms with Crippen molar-refractivity contribution in [2.45, 2.75) is 32.2 Å². The van der Waals surface area contributed by atoms with Crippen molar-refractivity contribution in [2.75, 3.05) is 49.1 Å². The molecular formula is C27H33IN6O3. The lowest BCUT2D eigenvalue weighted by Gasteiger charge is -2.40. The molecule has 2 aliphatic rings. The first-order valence-electron chi connectivity index (χ1n) is 12.8. The molecule has 1 atom stereocenters. The molecular weight excluding hydrogens is 583 g/mol. The summed E-state index contributed by atoms with van der Waals surface area (Å²) in [4.78, 5) is 36.1. The Balaban J connectivity index is 1.68. The largest absolute Gasteiger partial charge is 0.396 e. The lowest BCUT2D eigenvalue weighted by molar-refractivity contribution is 0.195. The molecule has 3 N–H and O–H groups in total. The molecule has 0 bridgehead atoms. The summed E-state index contributed by atoms with van der Waals surface area (Å²) in [5, 5.41) is 13.2. The van der Waals surface area contributed by atoms with Crippen LogP contribution in [0.1, 0.15) is 24.0 Å². The first kappa shape index (κ1) is 26.0. The highest BCUT2D eigenvalue weighted by Gasteiger charge is 2.43. The number of fused-ring (bicyclic) bond motifs is 1. The van der Waals surface area contributed by atoms with Gasteiger partial charge in [-0.05, 0) is 59.2 Å². The molecule has 1 saturated heterocycles. The van der Waals surface area contributed by atoms with Crippen LogP contribution < -0.4 is 26.4 Å². The highest BCUT2D eigenvalue weighted by Crippen LogP contribution is 2.39. The highest BCUT2D eigenvalue weighted by atomic mass is 127. The van der Waals surface area contributed by atoms with Crippen molar-refractivity contribution >= 4 is 34.1 Å². The second-order valence-corrected chi connectivity index (χ2v) is 10.6. The molecule has 5 rings (SSSR count). The Hall–Kier alpha value is -2.67. The number of aliphatic hydroxyl groups is 1. The average molecular weight is 617 g/mol. The Morgan fingerprint density at radius 3 is 2.51 bits per heavy atom. The van der Waals surface area contributed by atoms with Crippen LogP contribution in [0.3, 0.4) is 0 Å². The van der Waals surface area contributed by atoms with E-state index in [9.17, 15) is 14.7 Å². The van der Waals surface area contributed by atoms with Gasteiger partial charge in [-0.1, -0.05) is 48.5 Å². The van der Waals surface area contributed by atoms with E-state index in [1.165, 1.54) is 0 Å². The van der Waals surface area contributed by atoms with E-state index in [1.54, 1.807) is 4.57 Å². The van der Waals surface area contributed by atoms with Crippen LogP contribution in [0, 0.1) is 3.57 Å². The maximum absolute atomic E-state index is 13.5. The Morgan fingerprint density at radius 1 is 0.946 bits per heavy atom. The van der Waals surface area contributed by atoms with E-state index in [0.717, 1.165) is 47.3 Å². The summed E-state index contributed by atoms with van der Waals surface area (Å²) >= 11 is 2.34. The number of nitrogens with zero attached hydrogens (tertiary/aromatic N) is 4. The Labute approximate surface area is 229 Å². The number of rotatable bonds is 8. The van der Waals surface area contributed by atoms with E-state index in [0.29, 0.717) is 37.6 Å². The molecule has 2 aromatic carbocycles. The number of halogens is 1. The predicted octanol–water partition coefficient (Wildman–Crippen LogP) is 1.98. The van der Waals surface area contributed by atoms with Gasteiger partial charge < -0.3 is 20.2 Å². The highest BCUT2D eigenvalue weighted by molar-refractivity contribution is 14.1. The third-order valence-electron chi connectivity index (χ3n) is 7.01. The number of benzene rings is 2. The van der Waals surface area contributed by atoms with Crippen molar-refractivity contribution in [2.24, 2.45) is 0 Å². The molecule has 1 aromatic heterocycles. The molecule has 3 heterocycles. The minimum atomic E-state index is -0.422. The number of aromatic amines is 1. The van der Waals surface area contributed by atoms with Crippen LogP contribution in [-0.2, 0) is 13.1 Å². The molecule has 37 heavy (non-hydrogen) atoms. The fraction of sp³-hybridized carbons (Fsp3) is 0.407. The quantitative estimate of drug-likeness (QED) is 0.334. The lowest BCUT2D eigenvalue weighted by Crippen LogP contribution is -2.56. The number of nitrogens with one attached hydrogen (secondary N) is 2. The minimum absolute atomic E-state index is 0.0306. The van der Waals surface area contributed by atoms with Gasteiger partial charge in [-0.3, -0.25) is 19.2 Å². The van der Waals surface area contributed by atoms with Crippen molar-refractivity contribution in [1.29, 1.82) is 0 Å². The zero-order valence-corrected chi connectivity index (χ0v) is 22.9. The number of anilines is 2. The summed E-state index contributed by atoms with van der Waals surface area (Å²) in [6, 6.07) is 18.0. The van der Waals surface area contributed by atoms with Crippen LogP contribution in [0.2, 0.25) is 0 Å². The Bertz CT molecular complexity index is 1320. The number of aromatic nitrogens is 2. The van der Waals surface area contributed by atoms with E-state index in [4.69, 9.17) is 0 Å². The fourth-order valence-corrected chi connectivity index (χ4v) is 5.89. The normalized spacial score (nSPS) is 18.2. The van der Waals surface area contributed by atoms with Gasteiger partial charge in [0.05, 0.1) is 6.54 Å². The lowest BCUT2D eigenvalue weighted by atomic mass is 10.2. The first-order chi connectivity index (χ1) is 18.1. The summed E-state index contributed by atoms with van der Waals surface area (Å²) in [7, 11) is 0. The maximum atomic E-state index is 13.5. The van der Waals surface area contributed by atoms with Crippen molar-refractivity contribution in [3.8, 4) is 0 Å². The third-order valence-corrected chi connectivity index (χ3v) is 8.06. The van der Waals surface area contributed by atoms with Gasteiger partial charge in [0.25, 0.3) is 5.56 Å². The second-order valence-electron chi connectivity index (χ2n) is 9.48. The summed E-state index contributed by atoms with van der Waals surface area (Å²) in [6.07, 6.45) is 1.28. The van der Waals surface area contributed by atoms with Crippen LogP contribution in [0.15, 0.2) is 64.2 Å². The number of hydrogen-bond donors (Lipinski definition) is 3. The number of hydrogen-bond acceptors (Lipinski definition) is 7. The molecule has 0 radical (unpaired) electrons. The van der Waals surface area contributed by atoms with E-state index in [2.05, 4.69) is 59.7 Å². The van der Waals surface area contributed by atoms with Crippen molar-refractivity contribution in [3.05, 3.63) is 90.1 Å². The molecule has 1 fully saturated rings. The smallest absolute Gasteiger partial charge is 0.330 e. The van der Waals surface area contributed by atoms with Crippen molar-refractivity contribution in [1.82, 2.24) is 19.8 Å². The standard InChI is InChI=1S/C27H33IN6O3/c28-22-11-5-4-10-21(22)19-33-23-24(36)30-26(37)34(18-20-8-2-1-3-9-20)25(23)32(15-7-17-35)27(33)31-14-6-12-29-13-16-31/h1-5,8-11,27,29,35H,6-7,12-19H2,(H,30,36,37). The van der Waals surface area contributed by atoms with E-state index < -0.39 is 5.69 Å². The molecule has 0 spiro atoms. The van der Waals surface area contributed by atoms with Gasteiger partial charge in [-0.25, -0.2) is 4.79 Å². The summed E-state index contributed by atoms with van der Waals surface area (Å²) in [5.74, 6) is 0.624. The van der Waals surface area contributed by atoms with Crippen LogP contribution >= 0.6 is 22.6 Å². The van der Waals surface area contributed by atoms with Gasteiger partial charge >= 0.3 is 5.69 Å². The zero-order valence-electron chi connectivity index (χ0n) is 20.8. The molecule has 9 nitrogen and oxygen atoms in total. The van der Waals surface area contributed by atoms with E-state index >= 15 is 0 Å². The van der Waals surface area contributed by atoms with Gasteiger partial charge in [0.15, 0.2) is 6.29 Å². The molecule has 2 aliphatic heterocycles. The van der Waals surface area contributed by atoms with Crippen LogP contribution in [-0.4, -0.2) is 65.2 Å². The SMILES string of the molecule is O=c1[nH]c(=O)n(Cc2ccccc2)c2c1N(Cc1ccccc1I)C(N1CCCNCC1)N2CCCO. The van der Waals surface area contributed by atoms with Gasteiger partial charge in [0.2, 0.25) is 0 Å². The van der Waals surface area contributed by atoms with Gasteiger partial charge in [-0.15, -0.1) is 0 Å². The van der Waals surface area contributed by atoms with Crippen molar-refractivity contribution < 1.29 is 5.11 Å². The minimum Gasteiger partial charge on any atom is -0.396 e. The Morgan fingerprint density at radius 2 is 1.73 bits per heavy atom. The molecule has 0 amide bonds. The second kappa shape index (κ2) is 11.8. The molecule has 10 heteroatoms. The predicted molar refractivity (Wildman–Crippen MR) is 154 cm³/mol. The summed E-state index contributed by atoms with van der Waals surface area (Å²) in [6.45, 7) is 4.92.